The van der Waals surface area contributed by atoms with E-state index < -0.39 is 0 Å². The zero-order valence-corrected chi connectivity index (χ0v) is 32.4. The van der Waals surface area contributed by atoms with E-state index in [-0.39, 0.29) is 6.17 Å². The minimum absolute atomic E-state index is 0.195. The number of thiophene rings is 1. The van der Waals surface area contributed by atoms with Gasteiger partial charge in [0.25, 0.3) is 0 Å². The maximum atomic E-state index is 6.89. The van der Waals surface area contributed by atoms with E-state index in [0.29, 0.717) is 0 Å². The number of benzene rings is 8. The molecule has 0 amide bonds. The van der Waals surface area contributed by atoms with Crippen LogP contribution in [-0.2, 0) is 0 Å². The molecule has 274 valence electrons. The average Bonchev–Trinajstić information content (AvgIpc) is 3.97. The molecule has 5 heteroatoms. The number of allylic oxidation sites excluding steroid dienone is 1. The standard InChI is InChI=1S/C53H35N3OS/c1-32-49(33-15-4-2-5-16-33)54-53(34-17-6-3-7-18-34)55-50(32)35-29-30-38-40-22-13-23-41(52(40)58-47(38)31-35)39-21-12-24-42-48-45(27-14-28-46(48)57-51(39)42)56-43-25-10-8-19-36(43)37-20-9-11-26-44(37)56/h2-31,53-54H,1H3. The van der Waals surface area contributed by atoms with Gasteiger partial charge in [-0.3, -0.25) is 4.99 Å². The molecule has 1 unspecified atom stereocenters. The molecule has 1 aliphatic heterocycles. The van der Waals surface area contributed by atoms with Gasteiger partial charge in [0, 0.05) is 58.7 Å². The minimum Gasteiger partial charge on any atom is -0.455 e. The van der Waals surface area contributed by atoms with Crippen LogP contribution in [0.1, 0.15) is 29.8 Å². The van der Waals surface area contributed by atoms with E-state index >= 15 is 0 Å². The Hall–Kier alpha value is -7.21. The number of hydrogen-bond donors (Lipinski definition) is 1. The van der Waals surface area contributed by atoms with Gasteiger partial charge in [-0.2, -0.15) is 0 Å². The molecule has 1 aliphatic rings. The van der Waals surface area contributed by atoms with E-state index in [2.05, 4.69) is 199 Å². The van der Waals surface area contributed by atoms with E-state index in [9.17, 15) is 0 Å². The number of rotatable bonds is 5. The number of aliphatic imine (C=N–C) groups is 1. The number of furan rings is 1. The van der Waals surface area contributed by atoms with E-state index in [0.717, 1.165) is 66.9 Å². The van der Waals surface area contributed by atoms with Crippen molar-refractivity contribution in [2.45, 2.75) is 13.1 Å². The summed E-state index contributed by atoms with van der Waals surface area (Å²) in [6.45, 7) is 2.18. The lowest BCUT2D eigenvalue weighted by atomic mass is 9.95. The molecule has 8 aromatic carbocycles. The van der Waals surface area contributed by atoms with Crippen molar-refractivity contribution in [1.82, 2.24) is 9.88 Å². The first kappa shape index (κ1) is 33.0. The van der Waals surface area contributed by atoms with Crippen LogP contribution in [0.3, 0.4) is 0 Å². The van der Waals surface area contributed by atoms with Crippen LogP contribution in [0.2, 0.25) is 0 Å². The highest BCUT2D eigenvalue weighted by molar-refractivity contribution is 7.26. The highest BCUT2D eigenvalue weighted by atomic mass is 32.1. The van der Waals surface area contributed by atoms with Gasteiger partial charge in [-0.15, -0.1) is 11.3 Å². The van der Waals surface area contributed by atoms with Gasteiger partial charge < -0.3 is 14.3 Å². The van der Waals surface area contributed by atoms with E-state index in [4.69, 9.17) is 9.41 Å². The zero-order chi connectivity index (χ0) is 38.3. The first-order chi connectivity index (χ1) is 28.7. The molecule has 3 aromatic heterocycles. The predicted octanol–water partition coefficient (Wildman–Crippen LogP) is 14.2. The molecule has 58 heavy (non-hydrogen) atoms. The SMILES string of the molecule is CC1=C(c2ccccc2)NC(c2ccccc2)N=C1c1ccc2c(c1)sc1c(-c3cccc4c3oc3cccc(-n5c6ccccc6c6ccccc65)c34)cccc12. The Morgan fingerprint density at radius 3 is 2.00 bits per heavy atom. The molecule has 4 nitrogen and oxygen atoms in total. The van der Waals surface area contributed by atoms with Crippen LogP contribution >= 0.6 is 11.3 Å². The summed E-state index contributed by atoms with van der Waals surface area (Å²) in [5.74, 6) is 0. The van der Waals surface area contributed by atoms with E-state index in [1.54, 1.807) is 0 Å². The summed E-state index contributed by atoms with van der Waals surface area (Å²) in [5, 5.41) is 11.0. The van der Waals surface area contributed by atoms with Crippen LogP contribution < -0.4 is 5.32 Å². The Morgan fingerprint density at radius 1 is 0.569 bits per heavy atom. The van der Waals surface area contributed by atoms with Crippen LogP contribution in [0, 0.1) is 0 Å². The highest BCUT2D eigenvalue weighted by Gasteiger charge is 2.25. The minimum atomic E-state index is -0.195. The molecule has 0 saturated heterocycles. The third kappa shape index (κ3) is 4.97. The Bertz CT molecular complexity index is 3440. The van der Waals surface area contributed by atoms with Crippen molar-refractivity contribution in [2.75, 3.05) is 0 Å². The smallest absolute Gasteiger partial charge is 0.145 e. The summed E-state index contributed by atoms with van der Waals surface area (Å²) in [6, 6.07) is 65.0. The molecule has 1 atom stereocenters. The lowest BCUT2D eigenvalue weighted by molar-refractivity contribution is 0.660. The summed E-state index contributed by atoms with van der Waals surface area (Å²) in [6.07, 6.45) is -0.195. The summed E-state index contributed by atoms with van der Waals surface area (Å²) in [4.78, 5) is 5.36. The molecule has 1 N–H and O–H groups in total. The van der Waals surface area contributed by atoms with Crippen molar-refractivity contribution in [1.29, 1.82) is 0 Å². The molecule has 0 fully saturated rings. The Kier molecular flexibility index (Phi) is 7.34. The molecule has 0 saturated carbocycles. The maximum Gasteiger partial charge on any atom is 0.145 e. The second-order valence-electron chi connectivity index (χ2n) is 15.1. The average molecular weight is 762 g/mol. The van der Waals surface area contributed by atoms with Crippen molar-refractivity contribution in [3.05, 3.63) is 204 Å². The Balaban J connectivity index is 1.02. The number of hydrogen-bond acceptors (Lipinski definition) is 4. The maximum absolute atomic E-state index is 6.89. The molecule has 4 heterocycles. The van der Waals surface area contributed by atoms with Crippen molar-refractivity contribution in [2.24, 2.45) is 4.99 Å². The fourth-order valence-electron chi connectivity index (χ4n) is 9.18. The fraction of sp³-hybridized carbons (Fsp3) is 0.0377. The van der Waals surface area contributed by atoms with Crippen LogP contribution in [0.25, 0.3) is 86.4 Å². The number of nitrogens with one attached hydrogen (secondary N) is 1. The largest absolute Gasteiger partial charge is 0.455 e. The van der Waals surface area contributed by atoms with E-state index in [1.165, 1.54) is 47.5 Å². The Labute approximate surface area is 338 Å². The van der Waals surface area contributed by atoms with Crippen molar-refractivity contribution >= 4 is 86.7 Å². The first-order valence-corrected chi connectivity index (χ1v) is 20.6. The van der Waals surface area contributed by atoms with Crippen molar-refractivity contribution in [3.63, 3.8) is 0 Å². The second-order valence-corrected chi connectivity index (χ2v) is 16.2. The van der Waals surface area contributed by atoms with E-state index in [1.807, 2.05) is 11.3 Å². The topological polar surface area (TPSA) is 42.5 Å². The van der Waals surface area contributed by atoms with Gasteiger partial charge in [0.15, 0.2) is 0 Å². The van der Waals surface area contributed by atoms with Crippen LogP contribution in [0.15, 0.2) is 197 Å². The summed E-state index contributed by atoms with van der Waals surface area (Å²) >= 11 is 1.84. The lowest BCUT2D eigenvalue weighted by Crippen LogP contribution is -2.27. The van der Waals surface area contributed by atoms with Crippen LogP contribution in [0.5, 0.6) is 0 Å². The van der Waals surface area contributed by atoms with Gasteiger partial charge in [-0.1, -0.05) is 152 Å². The lowest BCUT2D eigenvalue weighted by Gasteiger charge is -2.28. The molecule has 12 rings (SSSR count). The molecule has 0 aliphatic carbocycles. The van der Waals surface area contributed by atoms with Crippen LogP contribution in [-0.4, -0.2) is 10.3 Å². The number of fused-ring (bicyclic) bond motifs is 9. The highest BCUT2D eigenvalue weighted by Crippen LogP contribution is 2.45. The second kappa shape index (κ2) is 12.9. The van der Waals surface area contributed by atoms with Gasteiger partial charge in [0.2, 0.25) is 0 Å². The zero-order valence-electron chi connectivity index (χ0n) is 31.6. The third-order valence-corrected chi connectivity index (χ3v) is 13.0. The first-order valence-electron chi connectivity index (χ1n) is 19.7. The van der Waals surface area contributed by atoms with Gasteiger partial charge >= 0.3 is 0 Å². The molecule has 0 spiro atoms. The molecule has 11 aromatic rings. The fourth-order valence-corrected chi connectivity index (χ4v) is 10.4. The number of nitrogens with zero attached hydrogens (tertiary/aromatic N) is 2. The monoisotopic (exact) mass is 761 g/mol. The van der Waals surface area contributed by atoms with Gasteiger partial charge in [0.1, 0.15) is 17.3 Å². The summed E-state index contributed by atoms with van der Waals surface area (Å²) in [7, 11) is 0. The molecular weight excluding hydrogens is 727 g/mol. The van der Waals surface area contributed by atoms with Gasteiger partial charge in [-0.25, -0.2) is 0 Å². The Morgan fingerprint density at radius 2 is 1.22 bits per heavy atom. The van der Waals surface area contributed by atoms with Crippen LogP contribution in [0.4, 0.5) is 0 Å². The summed E-state index contributed by atoms with van der Waals surface area (Å²) < 4.78 is 11.8. The third-order valence-electron chi connectivity index (χ3n) is 11.8. The number of para-hydroxylation sites is 3. The summed E-state index contributed by atoms with van der Waals surface area (Å²) in [5.41, 5.74) is 14.2. The number of aromatic nitrogens is 1. The van der Waals surface area contributed by atoms with Crippen molar-refractivity contribution < 1.29 is 4.42 Å². The van der Waals surface area contributed by atoms with Crippen molar-refractivity contribution in [3.8, 4) is 16.8 Å². The normalized spacial score (nSPS) is 14.6. The predicted molar refractivity (Wildman–Crippen MR) is 244 cm³/mol. The van der Waals surface area contributed by atoms with Gasteiger partial charge in [-0.05, 0) is 54.0 Å². The molecule has 0 bridgehead atoms. The molecule has 0 radical (unpaired) electrons. The molecular formula is C53H35N3OS. The quantitative estimate of drug-likeness (QED) is 0.190. The van der Waals surface area contributed by atoms with Gasteiger partial charge in [0.05, 0.1) is 27.8 Å².